The van der Waals surface area contributed by atoms with Gasteiger partial charge in [0.05, 0.1) is 0 Å². The lowest BCUT2D eigenvalue weighted by atomic mass is 9.93. The van der Waals surface area contributed by atoms with Gasteiger partial charge in [0.15, 0.2) is 0 Å². The minimum Gasteiger partial charge on any atom is -0.444 e. The normalized spacial score (nSPS) is 26.1. The molecule has 3 nitrogen and oxygen atoms in total. The lowest BCUT2D eigenvalue weighted by molar-refractivity contribution is 0.00956. The molecule has 16 heavy (non-hydrogen) atoms. The molecule has 0 aliphatic carbocycles. The smallest absolute Gasteiger partial charge is 0.410 e. The van der Waals surface area contributed by atoms with E-state index in [0.717, 1.165) is 12.8 Å². The van der Waals surface area contributed by atoms with Gasteiger partial charge in [-0.3, -0.25) is 0 Å². The summed E-state index contributed by atoms with van der Waals surface area (Å²) in [4.78, 5) is 13.6. The van der Waals surface area contributed by atoms with Gasteiger partial charge >= 0.3 is 6.09 Å². The molecule has 1 amide bonds. The minimum atomic E-state index is -0.431. The zero-order valence-electron chi connectivity index (χ0n) is 10.6. The maximum absolute atomic E-state index is 11.9. The van der Waals surface area contributed by atoms with E-state index in [1.165, 1.54) is 0 Å². The number of ether oxygens (including phenoxy) is 1. The van der Waals surface area contributed by atoms with Crippen molar-refractivity contribution in [1.29, 1.82) is 0 Å². The lowest BCUT2D eigenvalue weighted by Gasteiger charge is -2.36. The fourth-order valence-electron chi connectivity index (χ4n) is 1.92. The first-order valence-corrected chi connectivity index (χ1v) is 5.79. The molecule has 0 radical (unpaired) electrons. The van der Waals surface area contributed by atoms with Crippen molar-refractivity contribution in [2.24, 2.45) is 5.92 Å². The molecule has 1 aliphatic heterocycles. The summed E-state index contributed by atoms with van der Waals surface area (Å²) < 4.78 is 5.35. The molecule has 0 aromatic heterocycles. The molecule has 1 saturated heterocycles. The molecule has 0 N–H and O–H groups in total. The van der Waals surface area contributed by atoms with E-state index >= 15 is 0 Å². The van der Waals surface area contributed by atoms with Gasteiger partial charge in [-0.15, -0.1) is 12.3 Å². The first kappa shape index (κ1) is 12.9. The van der Waals surface area contributed by atoms with E-state index in [1.807, 2.05) is 27.7 Å². The van der Waals surface area contributed by atoms with Crippen LogP contribution in [-0.2, 0) is 4.74 Å². The van der Waals surface area contributed by atoms with Crippen LogP contribution in [0.4, 0.5) is 4.79 Å². The monoisotopic (exact) mass is 223 g/mol. The number of carbonyl (C=O) groups is 1. The Labute approximate surface area is 98.1 Å². The number of nitrogens with zero attached hydrogens (tertiary/aromatic N) is 1. The Hall–Kier alpha value is -1.17. The van der Waals surface area contributed by atoms with Crippen LogP contribution in [0.1, 0.15) is 40.5 Å². The molecule has 90 valence electrons. The van der Waals surface area contributed by atoms with Gasteiger partial charge in [-0.25, -0.2) is 4.79 Å². The summed E-state index contributed by atoms with van der Waals surface area (Å²) in [6, 6.07) is 0.171. The van der Waals surface area contributed by atoms with Crippen LogP contribution in [0, 0.1) is 18.3 Å². The predicted molar refractivity (Wildman–Crippen MR) is 64.0 cm³/mol. The van der Waals surface area contributed by atoms with E-state index in [4.69, 9.17) is 11.2 Å². The van der Waals surface area contributed by atoms with Crippen LogP contribution < -0.4 is 0 Å². The van der Waals surface area contributed by atoms with E-state index in [2.05, 4.69) is 5.92 Å². The second kappa shape index (κ2) is 4.78. The number of piperidine rings is 1. The van der Waals surface area contributed by atoms with Crippen LogP contribution in [0.2, 0.25) is 0 Å². The minimum absolute atomic E-state index is 0.171. The Morgan fingerprint density at radius 2 is 2.12 bits per heavy atom. The number of hydrogen-bond acceptors (Lipinski definition) is 2. The third kappa shape index (κ3) is 3.44. The van der Waals surface area contributed by atoms with Gasteiger partial charge in [-0.2, -0.15) is 0 Å². The molecule has 3 heteroatoms. The Balaban J connectivity index is 2.56. The van der Waals surface area contributed by atoms with Crippen molar-refractivity contribution in [2.45, 2.75) is 52.2 Å². The molecule has 0 aromatic rings. The maximum atomic E-state index is 11.9. The summed E-state index contributed by atoms with van der Waals surface area (Å²) in [6.07, 6.45) is 6.92. The summed E-state index contributed by atoms with van der Waals surface area (Å²) >= 11 is 0. The lowest BCUT2D eigenvalue weighted by Crippen LogP contribution is -2.46. The van der Waals surface area contributed by atoms with Crippen molar-refractivity contribution in [3.8, 4) is 12.3 Å². The number of carbonyl (C=O) groups excluding carboxylic acids is 1. The fraction of sp³-hybridized carbons (Fsp3) is 0.769. The van der Waals surface area contributed by atoms with E-state index in [9.17, 15) is 4.79 Å². The first-order chi connectivity index (χ1) is 7.33. The number of likely N-dealkylation sites (tertiary alicyclic amines) is 1. The molecule has 0 spiro atoms. The van der Waals surface area contributed by atoms with E-state index in [-0.39, 0.29) is 12.1 Å². The molecule has 1 rings (SSSR count). The molecule has 0 aromatic carbocycles. The van der Waals surface area contributed by atoms with Crippen LogP contribution in [0.3, 0.4) is 0 Å². The van der Waals surface area contributed by atoms with Crippen LogP contribution in [0.5, 0.6) is 0 Å². The average molecular weight is 223 g/mol. The molecule has 1 heterocycles. The third-order valence-corrected chi connectivity index (χ3v) is 2.74. The summed E-state index contributed by atoms with van der Waals surface area (Å²) in [5.74, 6) is 3.06. The van der Waals surface area contributed by atoms with Crippen LogP contribution >= 0.6 is 0 Å². The topological polar surface area (TPSA) is 29.5 Å². The summed E-state index contributed by atoms with van der Waals surface area (Å²) in [7, 11) is 0. The molecule has 0 unspecified atom stereocenters. The fourth-order valence-corrected chi connectivity index (χ4v) is 1.92. The second-order valence-corrected chi connectivity index (χ2v) is 5.41. The number of amides is 1. The van der Waals surface area contributed by atoms with Gasteiger partial charge < -0.3 is 9.64 Å². The quantitative estimate of drug-likeness (QED) is 0.591. The highest BCUT2D eigenvalue weighted by atomic mass is 16.6. The van der Waals surface area contributed by atoms with Crippen molar-refractivity contribution in [2.75, 3.05) is 6.54 Å². The summed E-state index contributed by atoms with van der Waals surface area (Å²) in [6.45, 7) is 8.36. The third-order valence-electron chi connectivity index (χ3n) is 2.74. The number of hydrogen-bond donors (Lipinski definition) is 0. The van der Waals surface area contributed by atoms with Crippen molar-refractivity contribution in [3.63, 3.8) is 0 Å². The van der Waals surface area contributed by atoms with Crippen molar-refractivity contribution < 1.29 is 9.53 Å². The highest BCUT2D eigenvalue weighted by Gasteiger charge is 2.30. The second-order valence-electron chi connectivity index (χ2n) is 5.41. The highest BCUT2D eigenvalue weighted by molar-refractivity contribution is 5.68. The van der Waals surface area contributed by atoms with Gasteiger partial charge in [0.25, 0.3) is 0 Å². The van der Waals surface area contributed by atoms with Crippen molar-refractivity contribution in [3.05, 3.63) is 0 Å². The van der Waals surface area contributed by atoms with Gasteiger partial charge in [0.2, 0.25) is 0 Å². The molecular formula is C13H21NO2. The average Bonchev–Trinajstić information content (AvgIpc) is 2.14. The zero-order chi connectivity index (χ0) is 12.3. The molecule has 0 bridgehead atoms. The highest BCUT2D eigenvalue weighted by Crippen LogP contribution is 2.23. The number of terminal acetylenes is 1. The largest absolute Gasteiger partial charge is 0.444 e. The van der Waals surface area contributed by atoms with E-state index in [0.29, 0.717) is 12.5 Å². The standard InChI is InChI=1S/C13H21NO2/c1-6-11-7-8-14(10(2)9-11)12(15)16-13(3,4)5/h1,10-11H,7-9H2,2-5H3/t10-,11+/m0/s1. The first-order valence-electron chi connectivity index (χ1n) is 5.79. The molecule has 1 aliphatic rings. The van der Waals surface area contributed by atoms with Crippen molar-refractivity contribution >= 4 is 6.09 Å². The Bertz CT molecular complexity index is 298. The Kier molecular flexibility index (Phi) is 3.85. The van der Waals surface area contributed by atoms with E-state index < -0.39 is 5.60 Å². The van der Waals surface area contributed by atoms with Crippen LogP contribution in [0.15, 0.2) is 0 Å². The van der Waals surface area contributed by atoms with Gasteiger partial charge in [-0.1, -0.05) is 0 Å². The van der Waals surface area contributed by atoms with E-state index in [1.54, 1.807) is 4.90 Å². The van der Waals surface area contributed by atoms with Crippen LogP contribution in [-0.4, -0.2) is 29.2 Å². The Morgan fingerprint density at radius 1 is 1.50 bits per heavy atom. The van der Waals surface area contributed by atoms with Gasteiger partial charge in [0.1, 0.15) is 5.60 Å². The number of rotatable bonds is 0. The molecule has 2 atom stereocenters. The SMILES string of the molecule is C#C[C@@H]1CCN(C(=O)OC(C)(C)C)[C@@H](C)C1. The summed E-state index contributed by atoms with van der Waals surface area (Å²) in [5, 5.41) is 0. The summed E-state index contributed by atoms with van der Waals surface area (Å²) in [5.41, 5.74) is -0.431. The van der Waals surface area contributed by atoms with Crippen molar-refractivity contribution in [1.82, 2.24) is 4.90 Å². The van der Waals surface area contributed by atoms with Crippen LogP contribution in [0.25, 0.3) is 0 Å². The van der Waals surface area contributed by atoms with Gasteiger partial charge in [-0.05, 0) is 40.5 Å². The molecule has 0 saturated carbocycles. The zero-order valence-corrected chi connectivity index (χ0v) is 10.6. The Morgan fingerprint density at radius 3 is 2.56 bits per heavy atom. The molecular weight excluding hydrogens is 202 g/mol. The predicted octanol–water partition coefficient (Wildman–Crippen LogP) is 2.66. The molecule has 1 fully saturated rings. The van der Waals surface area contributed by atoms with Gasteiger partial charge in [0, 0.05) is 18.5 Å². The maximum Gasteiger partial charge on any atom is 0.410 e.